The van der Waals surface area contributed by atoms with E-state index in [9.17, 15) is 18.4 Å². The minimum atomic E-state index is -2.72. The number of fused-ring (bicyclic) bond motifs is 1. The Labute approximate surface area is 174 Å². The van der Waals surface area contributed by atoms with Crippen LogP contribution in [0.4, 0.5) is 8.78 Å². The lowest BCUT2D eigenvalue weighted by molar-refractivity contribution is -0.127. The first-order chi connectivity index (χ1) is 12.3. The van der Waals surface area contributed by atoms with Gasteiger partial charge in [0, 0.05) is 13.0 Å². The van der Waals surface area contributed by atoms with Crippen LogP contribution in [0, 0.1) is 5.92 Å². The van der Waals surface area contributed by atoms with Crippen molar-refractivity contribution in [3.63, 3.8) is 0 Å². The quantitative estimate of drug-likeness (QED) is 0.585. The summed E-state index contributed by atoms with van der Waals surface area (Å²) in [6.07, 6.45) is 0.143. The predicted molar refractivity (Wildman–Crippen MR) is 108 cm³/mol. The molecule has 0 saturated heterocycles. The van der Waals surface area contributed by atoms with Gasteiger partial charge in [-0.15, -0.1) is 24.8 Å². The number of amides is 2. The lowest BCUT2D eigenvalue weighted by Crippen LogP contribution is -2.47. The maximum absolute atomic E-state index is 13.3. The molecule has 0 aliphatic carbocycles. The van der Waals surface area contributed by atoms with E-state index in [0.29, 0.717) is 11.0 Å². The molecule has 0 spiro atoms. The van der Waals surface area contributed by atoms with Crippen molar-refractivity contribution in [2.75, 3.05) is 13.1 Å². The van der Waals surface area contributed by atoms with Crippen molar-refractivity contribution in [2.24, 2.45) is 11.7 Å². The lowest BCUT2D eigenvalue weighted by atomic mass is 10.1. The molecule has 1 aromatic heterocycles. The standard InChI is InChI=1S/C17H23F2N5O2.2ClH/c1-10(2)15(20)16(26)22-9-14(25)21-8-7-13-23-11-5-3-4-6-12(11)24(13)17(18)19;;/h3-6,10,15,17H,7-9,20H2,1-2H3,(H,21,25)(H,22,26);2*1H/t15-;;/m0../s1. The molecular weight excluding hydrogens is 415 g/mol. The zero-order chi connectivity index (χ0) is 19.3. The highest BCUT2D eigenvalue weighted by Crippen LogP contribution is 2.23. The van der Waals surface area contributed by atoms with Gasteiger partial charge in [0.25, 0.3) is 0 Å². The third-order valence-electron chi connectivity index (χ3n) is 3.98. The van der Waals surface area contributed by atoms with Crippen molar-refractivity contribution in [1.29, 1.82) is 0 Å². The molecule has 1 heterocycles. The largest absolute Gasteiger partial charge is 0.354 e. The Morgan fingerprint density at radius 3 is 2.43 bits per heavy atom. The summed E-state index contributed by atoms with van der Waals surface area (Å²) >= 11 is 0. The summed E-state index contributed by atoms with van der Waals surface area (Å²) in [5.74, 6) is -0.684. The molecule has 2 aromatic rings. The molecule has 28 heavy (non-hydrogen) atoms. The Morgan fingerprint density at radius 2 is 1.82 bits per heavy atom. The van der Waals surface area contributed by atoms with Crippen LogP contribution in [0.15, 0.2) is 24.3 Å². The smallest absolute Gasteiger partial charge is 0.320 e. The van der Waals surface area contributed by atoms with E-state index < -0.39 is 24.4 Å². The Morgan fingerprint density at radius 1 is 1.18 bits per heavy atom. The number of imidazole rings is 1. The minimum absolute atomic E-state index is 0. The predicted octanol–water partition coefficient (Wildman–Crippen LogP) is 2.03. The lowest BCUT2D eigenvalue weighted by Gasteiger charge is -2.15. The summed E-state index contributed by atoms with van der Waals surface area (Å²) in [5.41, 5.74) is 6.50. The van der Waals surface area contributed by atoms with Crippen molar-refractivity contribution in [3.05, 3.63) is 30.1 Å². The van der Waals surface area contributed by atoms with Gasteiger partial charge in [0.05, 0.1) is 23.6 Å². The first kappa shape index (κ1) is 26.0. The van der Waals surface area contributed by atoms with E-state index in [1.54, 1.807) is 38.1 Å². The Kier molecular flexibility index (Phi) is 10.9. The molecule has 0 aliphatic rings. The van der Waals surface area contributed by atoms with Crippen LogP contribution in [0.3, 0.4) is 0 Å². The molecule has 11 heteroatoms. The number of carbonyl (C=O) groups is 2. The minimum Gasteiger partial charge on any atom is -0.354 e. The molecule has 0 radical (unpaired) electrons. The second kappa shape index (κ2) is 11.8. The molecule has 4 N–H and O–H groups in total. The fraction of sp³-hybridized carbons (Fsp3) is 0.471. The normalized spacial score (nSPS) is 11.7. The number of nitrogens with two attached hydrogens (primary N) is 1. The number of aromatic nitrogens is 2. The molecule has 2 rings (SSSR count). The summed E-state index contributed by atoms with van der Waals surface area (Å²) in [6, 6.07) is 5.93. The van der Waals surface area contributed by atoms with Crippen molar-refractivity contribution in [1.82, 2.24) is 20.2 Å². The number of para-hydroxylation sites is 2. The molecule has 1 aromatic carbocycles. The van der Waals surface area contributed by atoms with E-state index in [2.05, 4.69) is 15.6 Å². The highest BCUT2D eigenvalue weighted by atomic mass is 35.5. The maximum atomic E-state index is 13.3. The molecule has 0 bridgehead atoms. The van der Waals surface area contributed by atoms with Crippen LogP contribution in [0.5, 0.6) is 0 Å². The Balaban J connectivity index is 0.00000364. The van der Waals surface area contributed by atoms with Crippen molar-refractivity contribution < 1.29 is 18.4 Å². The molecule has 0 saturated carbocycles. The highest BCUT2D eigenvalue weighted by Gasteiger charge is 2.19. The summed E-state index contributed by atoms with van der Waals surface area (Å²) in [6.45, 7) is 0.801. The number of alkyl halides is 2. The molecule has 2 amide bonds. The number of hydrogen-bond acceptors (Lipinski definition) is 4. The van der Waals surface area contributed by atoms with Crippen molar-refractivity contribution in [2.45, 2.75) is 32.9 Å². The number of carbonyl (C=O) groups excluding carboxylic acids is 2. The van der Waals surface area contributed by atoms with Crippen LogP contribution in [0.25, 0.3) is 11.0 Å². The van der Waals surface area contributed by atoms with Crippen LogP contribution in [0.2, 0.25) is 0 Å². The van der Waals surface area contributed by atoms with Gasteiger partial charge in [-0.3, -0.25) is 14.2 Å². The molecule has 0 aliphatic heterocycles. The summed E-state index contributed by atoms with van der Waals surface area (Å²) < 4.78 is 27.5. The topological polar surface area (TPSA) is 102 Å². The second-order valence-corrected chi connectivity index (χ2v) is 6.25. The third kappa shape index (κ3) is 6.57. The molecule has 1 atom stereocenters. The van der Waals surface area contributed by atoms with Crippen LogP contribution < -0.4 is 16.4 Å². The molecule has 0 fully saturated rings. The fourth-order valence-corrected chi connectivity index (χ4v) is 2.45. The number of halogens is 4. The number of benzene rings is 1. The number of rotatable bonds is 8. The van der Waals surface area contributed by atoms with Crippen LogP contribution in [0.1, 0.15) is 26.2 Å². The molecular formula is C17H25Cl2F2N5O2. The SMILES string of the molecule is CC(C)[C@H](N)C(=O)NCC(=O)NCCc1nc2ccccc2n1C(F)F.Cl.Cl. The number of hydrogen-bond donors (Lipinski definition) is 3. The molecule has 158 valence electrons. The number of nitrogens with one attached hydrogen (secondary N) is 2. The first-order valence-corrected chi connectivity index (χ1v) is 8.35. The summed E-state index contributed by atoms with van der Waals surface area (Å²) in [7, 11) is 0. The van der Waals surface area contributed by atoms with Gasteiger partial charge < -0.3 is 16.4 Å². The van der Waals surface area contributed by atoms with Gasteiger partial charge in [0.1, 0.15) is 5.82 Å². The van der Waals surface area contributed by atoms with E-state index in [4.69, 9.17) is 5.73 Å². The van der Waals surface area contributed by atoms with Gasteiger partial charge in [-0.05, 0) is 18.1 Å². The van der Waals surface area contributed by atoms with Crippen molar-refractivity contribution >= 4 is 47.7 Å². The fourth-order valence-electron chi connectivity index (χ4n) is 2.45. The first-order valence-electron chi connectivity index (χ1n) is 8.35. The summed E-state index contributed by atoms with van der Waals surface area (Å²) in [4.78, 5) is 27.7. The van der Waals surface area contributed by atoms with E-state index in [0.717, 1.165) is 4.57 Å². The van der Waals surface area contributed by atoms with E-state index >= 15 is 0 Å². The Hall–Kier alpha value is -1.97. The average Bonchev–Trinajstić information content (AvgIpc) is 2.97. The van der Waals surface area contributed by atoms with Gasteiger partial charge in [-0.1, -0.05) is 26.0 Å². The van der Waals surface area contributed by atoms with Gasteiger partial charge >= 0.3 is 6.55 Å². The van der Waals surface area contributed by atoms with Crippen LogP contribution in [-0.4, -0.2) is 40.5 Å². The zero-order valence-corrected chi connectivity index (χ0v) is 17.2. The Bertz CT molecular complexity index is 786. The molecule has 0 unspecified atom stereocenters. The van der Waals surface area contributed by atoms with E-state index in [-0.39, 0.29) is 56.1 Å². The monoisotopic (exact) mass is 439 g/mol. The van der Waals surface area contributed by atoms with E-state index in [1.807, 2.05) is 0 Å². The average molecular weight is 440 g/mol. The van der Waals surface area contributed by atoms with E-state index in [1.165, 1.54) is 0 Å². The van der Waals surface area contributed by atoms with Crippen LogP contribution in [-0.2, 0) is 16.0 Å². The summed E-state index contributed by atoms with van der Waals surface area (Å²) in [5, 5.41) is 5.02. The van der Waals surface area contributed by atoms with Gasteiger partial charge in [0.15, 0.2) is 0 Å². The van der Waals surface area contributed by atoms with Gasteiger partial charge in [-0.25, -0.2) is 4.98 Å². The molecule has 7 nitrogen and oxygen atoms in total. The van der Waals surface area contributed by atoms with Crippen LogP contribution >= 0.6 is 24.8 Å². The van der Waals surface area contributed by atoms with Crippen molar-refractivity contribution in [3.8, 4) is 0 Å². The maximum Gasteiger partial charge on any atom is 0.320 e. The van der Waals surface area contributed by atoms with Gasteiger partial charge in [-0.2, -0.15) is 8.78 Å². The zero-order valence-electron chi connectivity index (χ0n) is 15.5. The number of nitrogens with zero attached hydrogens (tertiary/aromatic N) is 2. The highest BCUT2D eigenvalue weighted by molar-refractivity contribution is 5.87. The van der Waals surface area contributed by atoms with Gasteiger partial charge in [0.2, 0.25) is 11.8 Å². The second-order valence-electron chi connectivity index (χ2n) is 6.25. The third-order valence-corrected chi connectivity index (χ3v) is 3.98.